The lowest BCUT2D eigenvalue weighted by molar-refractivity contribution is 0.393. The number of benzene rings is 1. The average molecular weight is 480 g/mol. The highest BCUT2D eigenvalue weighted by Crippen LogP contribution is 2.38. The van der Waals surface area contributed by atoms with Gasteiger partial charge in [-0.25, -0.2) is 9.97 Å². The molecule has 1 aromatic carbocycles. The van der Waals surface area contributed by atoms with Gasteiger partial charge in [-0.05, 0) is 50.3 Å². The predicted molar refractivity (Wildman–Crippen MR) is 137 cm³/mol. The standard InChI is InChI=1S/C26H30FN5OS/c1-4-8-19-14-28-26(29-20-9-6-5-7-10-20)30-25(19)22-15-32(34-27)23-13-18(11-12-21(22)23)24-16(2)31-33-17(24)3/h11-15,20H,4-10H2,1-3H3,(H,28,29,30). The molecule has 34 heavy (non-hydrogen) atoms. The molecule has 8 heteroatoms. The smallest absolute Gasteiger partial charge is 0.223 e. The Morgan fingerprint density at radius 2 is 2.03 bits per heavy atom. The molecule has 4 aromatic rings. The molecule has 178 valence electrons. The number of halogens is 1. The van der Waals surface area contributed by atoms with Gasteiger partial charge in [-0.1, -0.05) is 49.9 Å². The first-order chi connectivity index (χ1) is 16.6. The number of rotatable bonds is 7. The van der Waals surface area contributed by atoms with Crippen LogP contribution in [0, 0.1) is 13.8 Å². The molecule has 0 atom stereocenters. The third-order valence-electron chi connectivity index (χ3n) is 6.75. The van der Waals surface area contributed by atoms with E-state index in [4.69, 9.17) is 9.51 Å². The summed E-state index contributed by atoms with van der Waals surface area (Å²) in [6.07, 6.45) is 11.7. The number of fused-ring (bicyclic) bond motifs is 1. The van der Waals surface area contributed by atoms with Crippen molar-refractivity contribution in [3.63, 3.8) is 0 Å². The first-order valence-corrected chi connectivity index (χ1v) is 12.8. The lowest BCUT2D eigenvalue weighted by Crippen LogP contribution is -2.23. The zero-order valence-electron chi connectivity index (χ0n) is 19.9. The zero-order valence-corrected chi connectivity index (χ0v) is 20.7. The monoisotopic (exact) mass is 479 g/mol. The van der Waals surface area contributed by atoms with E-state index in [-0.39, 0.29) is 12.3 Å². The van der Waals surface area contributed by atoms with E-state index in [2.05, 4.69) is 22.4 Å². The van der Waals surface area contributed by atoms with Gasteiger partial charge in [0, 0.05) is 34.9 Å². The maximum atomic E-state index is 14.1. The summed E-state index contributed by atoms with van der Waals surface area (Å²) in [5.41, 5.74) is 6.40. The molecule has 1 saturated carbocycles. The first kappa shape index (κ1) is 22.9. The highest BCUT2D eigenvalue weighted by Gasteiger charge is 2.20. The molecule has 3 aromatic heterocycles. The summed E-state index contributed by atoms with van der Waals surface area (Å²) in [6, 6.07) is 6.51. The fourth-order valence-electron chi connectivity index (χ4n) is 5.09. The van der Waals surface area contributed by atoms with Gasteiger partial charge in [0.2, 0.25) is 5.95 Å². The number of hydrogen-bond donors (Lipinski definition) is 1. The van der Waals surface area contributed by atoms with Crippen LogP contribution in [-0.4, -0.2) is 25.1 Å². The number of nitrogens with one attached hydrogen (secondary N) is 1. The van der Waals surface area contributed by atoms with Crippen molar-refractivity contribution in [2.45, 2.75) is 71.8 Å². The highest BCUT2D eigenvalue weighted by molar-refractivity contribution is 7.92. The Labute approximate surface area is 203 Å². The molecule has 0 unspecified atom stereocenters. The molecule has 0 aliphatic heterocycles. The van der Waals surface area contributed by atoms with Gasteiger partial charge < -0.3 is 9.84 Å². The minimum atomic E-state index is 0.199. The fraction of sp³-hybridized carbons (Fsp3) is 0.423. The SMILES string of the molecule is CCCc1cnc(NC2CCCCC2)nc1-c1cn(SF)c2cc(-c3c(C)noc3C)ccc12. The lowest BCUT2D eigenvalue weighted by atomic mass is 9.96. The third kappa shape index (κ3) is 4.31. The molecular weight excluding hydrogens is 449 g/mol. The summed E-state index contributed by atoms with van der Waals surface area (Å²) in [4.78, 5) is 9.59. The number of hydrogen-bond acceptors (Lipinski definition) is 6. The second-order valence-electron chi connectivity index (χ2n) is 9.17. The Hall–Kier alpha value is -2.87. The molecule has 1 aliphatic carbocycles. The van der Waals surface area contributed by atoms with E-state index in [9.17, 15) is 3.89 Å². The summed E-state index contributed by atoms with van der Waals surface area (Å²) >= 11 is 0.199. The molecule has 0 spiro atoms. The third-order valence-corrected chi connectivity index (χ3v) is 7.20. The van der Waals surface area contributed by atoms with Crippen LogP contribution in [0.5, 0.6) is 0 Å². The van der Waals surface area contributed by atoms with Gasteiger partial charge >= 0.3 is 0 Å². The molecule has 0 amide bonds. The van der Waals surface area contributed by atoms with Crippen molar-refractivity contribution in [2.24, 2.45) is 0 Å². The summed E-state index contributed by atoms with van der Waals surface area (Å²) in [6.45, 7) is 5.96. The Bertz CT molecular complexity index is 1290. The van der Waals surface area contributed by atoms with Gasteiger partial charge in [-0.2, -0.15) is 0 Å². The Morgan fingerprint density at radius 3 is 2.74 bits per heavy atom. The Balaban J connectivity index is 1.60. The van der Waals surface area contributed by atoms with Gasteiger partial charge in [0.25, 0.3) is 0 Å². The van der Waals surface area contributed by atoms with E-state index < -0.39 is 0 Å². The van der Waals surface area contributed by atoms with Gasteiger partial charge in [0.05, 0.1) is 16.9 Å². The Morgan fingerprint density at radius 1 is 1.21 bits per heavy atom. The zero-order chi connectivity index (χ0) is 23.7. The van der Waals surface area contributed by atoms with Gasteiger partial charge in [0.1, 0.15) is 5.76 Å². The van der Waals surface area contributed by atoms with Crippen molar-refractivity contribution in [1.29, 1.82) is 0 Å². The maximum absolute atomic E-state index is 14.1. The van der Waals surface area contributed by atoms with Crippen molar-refractivity contribution in [2.75, 3.05) is 5.32 Å². The van der Waals surface area contributed by atoms with Crippen molar-refractivity contribution < 1.29 is 8.41 Å². The minimum absolute atomic E-state index is 0.199. The van der Waals surface area contributed by atoms with Crippen LogP contribution in [0.15, 0.2) is 35.1 Å². The number of nitrogens with zero attached hydrogens (tertiary/aromatic N) is 4. The first-order valence-electron chi connectivity index (χ1n) is 12.1. The number of anilines is 1. The van der Waals surface area contributed by atoms with E-state index in [1.165, 1.54) is 19.3 Å². The number of aryl methyl sites for hydroxylation is 3. The van der Waals surface area contributed by atoms with Crippen LogP contribution >= 0.6 is 12.3 Å². The topological polar surface area (TPSA) is 68.8 Å². The van der Waals surface area contributed by atoms with E-state index in [0.29, 0.717) is 12.0 Å². The lowest BCUT2D eigenvalue weighted by Gasteiger charge is -2.23. The van der Waals surface area contributed by atoms with E-state index in [0.717, 1.165) is 76.0 Å². The second kappa shape index (κ2) is 9.78. The largest absolute Gasteiger partial charge is 0.361 e. The molecule has 1 fully saturated rings. The number of aromatic nitrogens is 4. The van der Waals surface area contributed by atoms with Gasteiger partial charge in [-0.3, -0.25) is 3.97 Å². The second-order valence-corrected chi connectivity index (χ2v) is 9.70. The van der Waals surface area contributed by atoms with Crippen LogP contribution in [0.2, 0.25) is 0 Å². The van der Waals surface area contributed by atoms with E-state index in [1.54, 1.807) is 3.97 Å². The minimum Gasteiger partial charge on any atom is -0.361 e. The summed E-state index contributed by atoms with van der Waals surface area (Å²) in [5.74, 6) is 1.41. The summed E-state index contributed by atoms with van der Waals surface area (Å²) in [5, 5.41) is 8.57. The molecule has 6 nitrogen and oxygen atoms in total. The van der Waals surface area contributed by atoms with Crippen LogP contribution in [0.4, 0.5) is 9.83 Å². The van der Waals surface area contributed by atoms with Crippen LogP contribution in [0.3, 0.4) is 0 Å². The van der Waals surface area contributed by atoms with Crippen molar-refractivity contribution >= 4 is 29.2 Å². The van der Waals surface area contributed by atoms with Crippen molar-refractivity contribution in [3.05, 3.63) is 47.6 Å². The molecular formula is C26H30FN5OS. The normalized spacial score (nSPS) is 14.7. The maximum Gasteiger partial charge on any atom is 0.223 e. The molecule has 5 rings (SSSR count). The fourth-order valence-corrected chi connectivity index (χ4v) is 5.46. The van der Waals surface area contributed by atoms with Gasteiger partial charge in [0.15, 0.2) is 12.3 Å². The van der Waals surface area contributed by atoms with Crippen LogP contribution in [-0.2, 0) is 6.42 Å². The van der Waals surface area contributed by atoms with Crippen LogP contribution in [0.1, 0.15) is 62.5 Å². The Kier molecular flexibility index (Phi) is 6.59. The summed E-state index contributed by atoms with van der Waals surface area (Å²) in [7, 11) is 0. The van der Waals surface area contributed by atoms with E-state index in [1.807, 2.05) is 44.4 Å². The summed E-state index contributed by atoms with van der Waals surface area (Å²) < 4.78 is 21.0. The molecule has 1 aliphatic rings. The van der Waals surface area contributed by atoms with Crippen LogP contribution < -0.4 is 5.32 Å². The molecule has 1 N–H and O–H groups in total. The van der Waals surface area contributed by atoms with E-state index >= 15 is 0 Å². The van der Waals surface area contributed by atoms with Crippen molar-refractivity contribution in [1.82, 2.24) is 19.1 Å². The highest BCUT2D eigenvalue weighted by atomic mass is 32.2. The molecule has 3 heterocycles. The van der Waals surface area contributed by atoms with Crippen LogP contribution in [0.25, 0.3) is 33.3 Å². The average Bonchev–Trinajstić information content (AvgIpc) is 3.39. The molecule has 0 bridgehead atoms. The van der Waals surface area contributed by atoms with Gasteiger partial charge in [-0.15, -0.1) is 3.89 Å². The predicted octanol–water partition coefficient (Wildman–Crippen LogP) is 7.45. The molecule has 0 radical (unpaired) electrons. The van der Waals surface area contributed by atoms with Crippen molar-refractivity contribution in [3.8, 4) is 22.4 Å². The quantitative estimate of drug-likeness (QED) is 0.297. The molecule has 0 saturated heterocycles.